The highest BCUT2D eigenvalue weighted by molar-refractivity contribution is 5.89. The molecule has 1 saturated carbocycles. The molecular formula is C22H30N4O2. The maximum atomic E-state index is 10.2. The van der Waals surface area contributed by atoms with Crippen molar-refractivity contribution in [1.29, 1.82) is 21.2 Å². The van der Waals surface area contributed by atoms with E-state index in [1.807, 2.05) is 0 Å². The van der Waals surface area contributed by atoms with Crippen molar-refractivity contribution in [3.8, 4) is 18.2 Å². The maximum Gasteiger partial charge on any atom is 0.217 e. The summed E-state index contributed by atoms with van der Waals surface area (Å²) in [6.45, 7) is 2.20. The van der Waals surface area contributed by atoms with Gasteiger partial charge in [-0.3, -0.25) is 5.41 Å². The molecule has 0 amide bonds. The fraction of sp³-hybridized carbons (Fsp3) is 0.818. The van der Waals surface area contributed by atoms with Crippen LogP contribution < -0.4 is 0 Å². The summed E-state index contributed by atoms with van der Waals surface area (Å²) in [7, 11) is 0. The van der Waals surface area contributed by atoms with Gasteiger partial charge >= 0.3 is 0 Å². The molecule has 150 valence electrons. The summed E-state index contributed by atoms with van der Waals surface area (Å²) in [6, 6.07) is 6.50. The topological polar surface area (TPSA) is 114 Å². The molecule has 2 saturated heterocycles. The highest BCUT2D eigenvalue weighted by Crippen LogP contribution is 2.66. The van der Waals surface area contributed by atoms with E-state index >= 15 is 0 Å². The average Bonchev–Trinajstić information content (AvgIpc) is 2.92. The Morgan fingerprint density at radius 3 is 2.32 bits per heavy atom. The van der Waals surface area contributed by atoms with Gasteiger partial charge in [0.2, 0.25) is 11.7 Å². The molecule has 2 heterocycles. The van der Waals surface area contributed by atoms with E-state index in [1.165, 1.54) is 25.7 Å². The number of hydrogen-bond donors (Lipinski definition) is 1. The van der Waals surface area contributed by atoms with Gasteiger partial charge in [0.15, 0.2) is 10.8 Å². The first-order chi connectivity index (χ1) is 13.6. The van der Waals surface area contributed by atoms with Crippen molar-refractivity contribution < 1.29 is 9.47 Å². The Bertz CT molecular complexity index is 716. The summed E-state index contributed by atoms with van der Waals surface area (Å²) in [4.78, 5) is 0. The van der Waals surface area contributed by atoms with E-state index in [4.69, 9.17) is 14.9 Å². The molecular weight excluding hydrogens is 352 g/mol. The first-order valence-electron chi connectivity index (χ1n) is 10.8. The zero-order valence-electron chi connectivity index (χ0n) is 16.8. The minimum atomic E-state index is -1.69. The predicted octanol–water partition coefficient (Wildman–Crippen LogP) is 4.96. The van der Waals surface area contributed by atoms with Gasteiger partial charge in [-0.25, -0.2) is 0 Å². The lowest BCUT2D eigenvalue weighted by atomic mass is 9.51. The van der Waals surface area contributed by atoms with Gasteiger partial charge in [-0.15, -0.1) is 0 Å². The van der Waals surface area contributed by atoms with Gasteiger partial charge in [-0.1, -0.05) is 58.3 Å². The molecule has 3 aliphatic rings. The van der Waals surface area contributed by atoms with Crippen LogP contribution in [0.15, 0.2) is 0 Å². The lowest BCUT2D eigenvalue weighted by molar-refractivity contribution is -0.292. The molecule has 0 aromatic heterocycles. The summed E-state index contributed by atoms with van der Waals surface area (Å²) in [5, 5.41) is 38.8. The zero-order chi connectivity index (χ0) is 20.3. The number of nitriles is 3. The largest absolute Gasteiger partial charge is 0.447 e. The van der Waals surface area contributed by atoms with Crippen LogP contribution in [0.4, 0.5) is 0 Å². The molecule has 0 spiro atoms. The van der Waals surface area contributed by atoms with Crippen LogP contribution in [0.5, 0.6) is 0 Å². The third-order valence-corrected chi connectivity index (χ3v) is 7.00. The SMILES string of the molecule is CCCCCCCCCC1OC23CCCCC2C(C#N)(C(=N)O3)C1(C#N)C#N. The first-order valence-corrected chi connectivity index (χ1v) is 10.8. The highest BCUT2D eigenvalue weighted by atomic mass is 16.7. The Morgan fingerprint density at radius 2 is 1.68 bits per heavy atom. The fourth-order valence-electron chi connectivity index (χ4n) is 5.52. The standard InChI is InChI=1S/C22H30N4O2/c1-2-3-4-5-6-7-8-12-18-20(14-23,15-24)21(16-25)17-11-9-10-13-22(17,27-18)28-19(21)26/h17-18,26H,2-13H2,1H3. The Kier molecular flexibility index (Phi) is 5.97. The van der Waals surface area contributed by atoms with Crippen molar-refractivity contribution in [3.63, 3.8) is 0 Å². The van der Waals surface area contributed by atoms with Crippen LogP contribution in [-0.2, 0) is 9.47 Å². The van der Waals surface area contributed by atoms with Gasteiger partial charge in [0.05, 0.1) is 30.2 Å². The summed E-state index contributed by atoms with van der Waals surface area (Å²) in [5.41, 5.74) is -3.22. The van der Waals surface area contributed by atoms with Crippen LogP contribution in [0.3, 0.4) is 0 Å². The van der Waals surface area contributed by atoms with E-state index in [0.29, 0.717) is 19.3 Å². The van der Waals surface area contributed by atoms with Crippen LogP contribution >= 0.6 is 0 Å². The van der Waals surface area contributed by atoms with Gasteiger partial charge < -0.3 is 9.47 Å². The maximum absolute atomic E-state index is 10.2. The van der Waals surface area contributed by atoms with Crippen molar-refractivity contribution in [3.05, 3.63) is 0 Å². The van der Waals surface area contributed by atoms with E-state index in [0.717, 1.165) is 32.1 Å². The average molecular weight is 383 g/mol. The molecule has 1 N–H and O–H groups in total. The molecule has 2 bridgehead atoms. The van der Waals surface area contributed by atoms with Crippen molar-refractivity contribution in [2.75, 3.05) is 0 Å². The third-order valence-electron chi connectivity index (χ3n) is 7.00. The molecule has 1 aliphatic carbocycles. The lowest BCUT2D eigenvalue weighted by Gasteiger charge is -2.51. The zero-order valence-corrected chi connectivity index (χ0v) is 16.8. The number of unbranched alkanes of at least 4 members (excludes halogenated alkanes) is 6. The van der Waals surface area contributed by atoms with E-state index < -0.39 is 28.6 Å². The highest BCUT2D eigenvalue weighted by Gasteiger charge is 2.79. The van der Waals surface area contributed by atoms with Crippen LogP contribution in [0.25, 0.3) is 0 Å². The Labute approximate surface area is 167 Å². The monoisotopic (exact) mass is 382 g/mol. The predicted molar refractivity (Wildman–Crippen MR) is 103 cm³/mol. The smallest absolute Gasteiger partial charge is 0.217 e. The quantitative estimate of drug-likeness (QED) is 0.596. The molecule has 0 radical (unpaired) electrons. The molecule has 3 rings (SSSR count). The normalized spacial score (nSPS) is 35.1. The van der Waals surface area contributed by atoms with Gasteiger partial charge in [-0.05, 0) is 19.3 Å². The van der Waals surface area contributed by atoms with E-state index in [1.54, 1.807) is 0 Å². The molecule has 28 heavy (non-hydrogen) atoms. The minimum absolute atomic E-state index is 0.243. The van der Waals surface area contributed by atoms with Crippen LogP contribution in [-0.4, -0.2) is 17.8 Å². The van der Waals surface area contributed by atoms with Gasteiger partial charge in [-0.2, -0.15) is 15.8 Å². The number of nitrogens with zero attached hydrogens (tertiary/aromatic N) is 3. The number of nitrogens with one attached hydrogen (secondary N) is 1. The second-order valence-electron chi connectivity index (χ2n) is 8.51. The van der Waals surface area contributed by atoms with Crippen LogP contribution in [0.2, 0.25) is 0 Å². The van der Waals surface area contributed by atoms with E-state index in [9.17, 15) is 15.8 Å². The second-order valence-corrected chi connectivity index (χ2v) is 8.51. The molecule has 6 heteroatoms. The molecule has 4 unspecified atom stereocenters. The number of hydrogen-bond acceptors (Lipinski definition) is 6. The van der Waals surface area contributed by atoms with Crippen molar-refractivity contribution in [2.45, 2.75) is 95.9 Å². The molecule has 0 aromatic rings. The second kappa shape index (κ2) is 8.10. The Morgan fingerprint density at radius 1 is 1.00 bits per heavy atom. The van der Waals surface area contributed by atoms with E-state index in [-0.39, 0.29) is 5.90 Å². The summed E-state index contributed by atoms with van der Waals surface area (Å²) in [5.74, 6) is -1.67. The number of rotatable bonds is 8. The first kappa shape index (κ1) is 20.6. The summed E-state index contributed by atoms with van der Waals surface area (Å²) >= 11 is 0. The molecule has 3 fully saturated rings. The van der Waals surface area contributed by atoms with Gasteiger partial charge in [0, 0.05) is 6.42 Å². The summed E-state index contributed by atoms with van der Waals surface area (Å²) < 4.78 is 12.2. The fourth-order valence-corrected chi connectivity index (χ4v) is 5.52. The van der Waals surface area contributed by atoms with Crippen LogP contribution in [0, 0.1) is 56.2 Å². The summed E-state index contributed by atoms with van der Waals surface area (Å²) in [6.07, 6.45) is 10.8. The van der Waals surface area contributed by atoms with Crippen molar-refractivity contribution in [2.24, 2.45) is 16.7 Å². The van der Waals surface area contributed by atoms with Crippen molar-refractivity contribution >= 4 is 5.90 Å². The molecule has 0 aromatic carbocycles. The third kappa shape index (κ3) is 2.80. The molecule has 6 nitrogen and oxygen atoms in total. The van der Waals surface area contributed by atoms with E-state index in [2.05, 4.69) is 25.1 Å². The Hall–Kier alpha value is -2.10. The van der Waals surface area contributed by atoms with Crippen molar-refractivity contribution in [1.82, 2.24) is 0 Å². The van der Waals surface area contributed by atoms with Gasteiger partial charge in [0.25, 0.3) is 0 Å². The van der Waals surface area contributed by atoms with Crippen LogP contribution in [0.1, 0.15) is 84.0 Å². The Balaban J connectivity index is 1.82. The molecule has 2 aliphatic heterocycles. The van der Waals surface area contributed by atoms with Gasteiger partial charge in [0.1, 0.15) is 0 Å². The minimum Gasteiger partial charge on any atom is -0.447 e. The number of ether oxygens (including phenoxy) is 2. The molecule has 4 atom stereocenters. The lowest BCUT2D eigenvalue weighted by Crippen LogP contribution is -2.63.